The molecule has 1 aliphatic rings. The molecule has 0 atom stereocenters. The van der Waals surface area contributed by atoms with Crippen molar-refractivity contribution in [1.29, 1.82) is 0 Å². The standard InChI is InChI=1S/C21H20ClNO5S/c1-29(25,26)10-9-27-19-4-2-3-18(13-19)23-21(24)8-5-15-11-16-12-17(22)6-7-20(16)28-14-15/h2-8,11-13H,9-10,14H2,1H3,(H,23,24)/b8-5+. The molecule has 1 N–H and O–H groups in total. The second-order valence-corrected chi connectivity index (χ2v) is 9.22. The molecule has 0 saturated carbocycles. The van der Waals surface area contributed by atoms with Crippen LogP contribution in [0, 0.1) is 0 Å². The van der Waals surface area contributed by atoms with Crippen LogP contribution in [0.25, 0.3) is 6.08 Å². The van der Waals surface area contributed by atoms with Crippen LogP contribution in [-0.2, 0) is 14.6 Å². The van der Waals surface area contributed by atoms with Crippen LogP contribution in [0.15, 0.2) is 60.2 Å². The Morgan fingerprint density at radius 1 is 1.28 bits per heavy atom. The average molecular weight is 434 g/mol. The molecule has 0 spiro atoms. The van der Waals surface area contributed by atoms with Crippen LogP contribution in [0.4, 0.5) is 5.69 Å². The third kappa shape index (κ3) is 6.66. The minimum atomic E-state index is -3.09. The minimum Gasteiger partial charge on any atom is -0.492 e. The van der Waals surface area contributed by atoms with E-state index in [0.29, 0.717) is 23.1 Å². The lowest BCUT2D eigenvalue weighted by Crippen LogP contribution is -2.12. The van der Waals surface area contributed by atoms with Gasteiger partial charge in [0.1, 0.15) is 24.7 Å². The Kier molecular flexibility index (Phi) is 6.61. The molecule has 2 aromatic rings. The molecule has 2 aromatic carbocycles. The van der Waals surface area contributed by atoms with Crippen molar-refractivity contribution in [3.8, 4) is 11.5 Å². The largest absolute Gasteiger partial charge is 0.492 e. The number of hydrogen-bond acceptors (Lipinski definition) is 5. The first-order valence-electron chi connectivity index (χ1n) is 8.81. The Balaban J connectivity index is 1.59. The topological polar surface area (TPSA) is 81.7 Å². The first kappa shape index (κ1) is 21.0. The van der Waals surface area contributed by atoms with E-state index in [2.05, 4.69) is 5.32 Å². The van der Waals surface area contributed by atoms with E-state index in [1.165, 1.54) is 6.08 Å². The Hall–Kier alpha value is -2.77. The number of benzene rings is 2. The first-order chi connectivity index (χ1) is 13.8. The van der Waals surface area contributed by atoms with Gasteiger partial charge in [-0.3, -0.25) is 4.79 Å². The fraction of sp³-hybridized carbons (Fsp3) is 0.190. The molecule has 6 nitrogen and oxygen atoms in total. The normalized spacial score (nSPS) is 13.4. The van der Waals surface area contributed by atoms with Gasteiger partial charge >= 0.3 is 0 Å². The van der Waals surface area contributed by atoms with Crippen molar-refractivity contribution in [3.63, 3.8) is 0 Å². The van der Waals surface area contributed by atoms with Gasteiger partial charge in [-0.1, -0.05) is 23.7 Å². The van der Waals surface area contributed by atoms with Crippen LogP contribution in [-0.4, -0.2) is 39.5 Å². The molecule has 3 rings (SSSR count). The monoisotopic (exact) mass is 433 g/mol. The summed E-state index contributed by atoms with van der Waals surface area (Å²) in [5, 5.41) is 3.36. The zero-order chi connectivity index (χ0) is 20.9. The average Bonchev–Trinajstić information content (AvgIpc) is 2.65. The molecule has 152 valence electrons. The number of anilines is 1. The smallest absolute Gasteiger partial charge is 0.248 e. The Bertz CT molecular complexity index is 1080. The molecule has 1 amide bonds. The van der Waals surface area contributed by atoms with Gasteiger partial charge in [-0.15, -0.1) is 0 Å². The molecule has 1 heterocycles. The summed E-state index contributed by atoms with van der Waals surface area (Å²) in [5.41, 5.74) is 2.25. The van der Waals surface area contributed by atoms with E-state index in [-0.39, 0.29) is 18.3 Å². The van der Waals surface area contributed by atoms with Gasteiger partial charge in [-0.05, 0) is 42.0 Å². The lowest BCUT2D eigenvalue weighted by molar-refractivity contribution is -0.111. The van der Waals surface area contributed by atoms with E-state index >= 15 is 0 Å². The molecule has 0 aliphatic carbocycles. The van der Waals surface area contributed by atoms with Gasteiger partial charge in [0.25, 0.3) is 0 Å². The zero-order valence-corrected chi connectivity index (χ0v) is 17.3. The van der Waals surface area contributed by atoms with Gasteiger partial charge in [-0.25, -0.2) is 8.42 Å². The molecule has 0 bridgehead atoms. The minimum absolute atomic E-state index is 0.0514. The molecule has 0 unspecified atom stereocenters. The van der Waals surface area contributed by atoms with Gasteiger partial charge in [0, 0.05) is 34.7 Å². The highest BCUT2D eigenvalue weighted by atomic mass is 35.5. The highest BCUT2D eigenvalue weighted by Crippen LogP contribution is 2.29. The van der Waals surface area contributed by atoms with Gasteiger partial charge in [0.2, 0.25) is 5.91 Å². The molecular formula is C21H20ClNO5S. The van der Waals surface area contributed by atoms with Crippen molar-refractivity contribution < 1.29 is 22.7 Å². The maximum Gasteiger partial charge on any atom is 0.248 e. The van der Waals surface area contributed by atoms with Crippen LogP contribution in [0.2, 0.25) is 5.02 Å². The molecule has 0 aromatic heterocycles. The number of halogens is 1. The molecule has 0 radical (unpaired) electrons. The van der Waals surface area contributed by atoms with E-state index in [1.54, 1.807) is 42.5 Å². The van der Waals surface area contributed by atoms with Crippen LogP contribution >= 0.6 is 11.6 Å². The predicted octanol–water partition coefficient (Wildman–Crippen LogP) is 3.73. The molecule has 8 heteroatoms. The van der Waals surface area contributed by atoms with Gasteiger partial charge in [0.15, 0.2) is 9.84 Å². The zero-order valence-electron chi connectivity index (χ0n) is 15.7. The number of hydrogen-bond donors (Lipinski definition) is 1. The van der Waals surface area contributed by atoms with Gasteiger partial charge < -0.3 is 14.8 Å². The van der Waals surface area contributed by atoms with E-state index in [9.17, 15) is 13.2 Å². The van der Waals surface area contributed by atoms with Crippen molar-refractivity contribution in [3.05, 3.63) is 70.8 Å². The highest BCUT2D eigenvalue weighted by Gasteiger charge is 2.10. The molecule has 0 saturated heterocycles. The van der Waals surface area contributed by atoms with Crippen LogP contribution in [0.1, 0.15) is 5.56 Å². The Morgan fingerprint density at radius 2 is 2.10 bits per heavy atom. The van der Waals surface area contributed by atoms with Gasteiger partial charge in [-0.2, -0.15) is 0 Å². The lowest BCUT2D eigenvalue weighted by Gasteiger charge is -2.16. The van der Waals surface area contributed by atoms with E-state index in [1.807, 2.05) is 12.1 Å². The van der Waals surface area contributed by atoms with Crippen molar-refractivity contribution in [2.75, 3.05) is 30.5 Å². The second-order valence-electron chi connectivity index (χ2n) is 6.52. The number of amides is 1. The summed E-state index contributed by atoms with van der Waals surface area (Å²) < 4.78 is 33.4. The number of carbonyl (C=O) groups is 1. The molecular weight excluding hydrogens is 414 g/mol. The Labute approximate surface area is 174 Å². The molecule has 0 fully saturated rings. The first-order valence-corrected chi connectivity index (χ1v) is 11.2. The van der Waals surface area contributed by atoms with Crippen molar-refractivity contribution in [1.82, 2.24) is 0 Å². The Morgan fingerprint density at radius 3 is 2.90 bits per heavy atom. The third-order valence-corrected chi connectivity index (χ3v) is 5.12. The van der Waals surface area contributed by atoms with E-state index < -0.39 is 9.84 Å². The van der Waals surface area contributed by atoms with Crippen molar-refractivity contribution in [2.24, 2.45) is 0 Å². The maximum atomic E-state index is 12.2. The molecule has 1 aliphatic heterocycles. The number of rotatable bonds is 7. The summed E-state index contributed by atoms with van der Waals surface area (Å²) in [4.78, 5) is 12.2. The summed E-state index contributed by atoms with van der Waals surface area (Å²) in [5.74, 6) is 0.852. The number of nitrogens with one attached hydrogen (secondary N) is 1. The van der Waals surface area contributed by atoms with E-state index in [0.717, 1.165) is 23.1 Å². The lowest BCUT2D eigenvalue weighted by atomic mass is 10.1. The quantitative estimate of drug-likeness (QED) is 0.673. The number of fused-ring (bicyclic) bond motifs is 1. The third-order valence-electron chi connectivity index (χ3n) is 3.98. The van der Waals surface area contributed by atoms with Crippen LogP contribution < -0.4 is 14.8 Å². The summed E-state index contributed by atoms with van der Waals surface area (Å²) in [6, 6.07) is 12.1. The van der Waals surface area contributed by atoms with Crippen LogP contribution in [0.5, 0.6) is 11.5 Å². The van der Waals surface area contributed by atoms with Crippen LogP contribution in [0.3, 0.4) is 0 Å². The van der Waals surface area contributed by atoms with E-state index in [4.69, 9.17) is 21.1 Å². The maximum absolute atomic E-state index is 12.2. The summed E-state index contributed by atoms with van der Waals surface area (Å²) in [6.45, 7) is 0.415. The number of ether oxygens (including phenoxy) is 2. The molecule has 29 heavy (non-hydrogen) atoms. The highest BCUT2D eigenvalue weighted by molar-refractivity contribution is 7.90. The summed E-state index contributed by atoms with van der Waals surface area (Å²) >= 11 is 6.00. The SMILES string of the molecule is CS(=O)(=O)CCOc1cccc(NC(=O)/C=C/C2=Cc3cc(Cl)ccc3OC2)c1. The summed E-state index contributed by atoms with van der Waals surface area (Å²) in [6.07, 6.45) is 6.18. The number of sulfone groups is 1. The number of carbonyl (C=O) groups excluding carboxylic acids is 1. The predicted molar refractivity (Wildman–Crippen MR) is 114 cm³/mol. The van der Waals surface area contributed by atoms with Gasteiger partial charge in [0.05, 0.1) is 5.75 Å². The fourth-order valence-electron chi connectivity index (χ4n) is 2.60. The second kappa shape index (κ2) is 9.15. The fourth-order valence-corrected chi connectivity index (χ4v) is 3.17. The van der Waals surface area contributed by atoms with Crippen molar-refractivity contribution >= 4 is 39.1 Å². The van der Waals surface area contributed by atoms with Crippen molar-refractivity contribution in [2.45, 2.75) is 0 Å². The summed E-state index contributed by atoms with van der Waals surface area (Å²) in [7, 11) is -3.09.